The zero-order valence-electron chi connectivity index (χ0n) is 8.68. The van der Waals surface area contributed by atoms with Crippen LogP contribution in [0.25, 0.3) is 0 Å². The molecule has 1 saturated heterocycles. The van der Waals surface area contributed by atoms with Gasteiger partial charge in [-0.05, 0) is 13.8 Å². The Morgan fingerprint density at radius 3 is 1.18 bits per heavy atom. The van der Waals surface area contributed by atoms with Crippen LogP contribution in [0.4, 0.5) is 0 Å². The van der Waals surface area contributed by atoms with Gasteiger partial charge in [-0.1, -0.05) is 27.7 Å². The SMILES string of the molecule is CC.CC.CC1OCOC1C. The van der Waals surface area contributed by atoms with Gasteiger partial charge < -0.3 is 9.47 Å². The Bertz CT molecular complexity index is 56.6. The van der Waals surface area contributed by atoms with Gasteiger partial charge >= 0.3 is 0 Å². The van der Waals surface area contributed by atoms with Gasteiger partial charge in [0.2, 0.25) is 0 Å². The van der Waals surface area contributed by atoms with E-state index in [2.05, 4.69) is 0 Å². The lowest BCUT2D eigenvalue weighted by atomic mass is 10.3. The molecular formula is C9H22O2. The molecule has 11 heavy (non-hydrogen) atoms. The van der Waals surface area contributed by atoms with Crippen LogP contribution < -0.4 is 0 Å². The highest BCUT2D eigenvalue weighted by atomic mass is 16.7. The predicted octanol–water partition coefficient (Wildman–Crippen LogP) is 2.82. The second-order valence-electron chi connectivity index (χ2n) is 1.86. The molecule has 0 aromatic carbocycles. The van der Waals surface area contributed by atoms with E-state index in [4.69, 9.17) is 9.47 Å². The molecule has 1 heterocycles. The first-order chi connectivity index (χ1) is 5.30. The van der Waals surface area contributed by atoms with Crippen LogP contribution in [-0.4, -0.2) is 19.0 Å². The highest BCUT2D eigenvalue weighted by molar-refractivity contribution is 4.62. The number of hydrogen-bond donors (Lipinski definition) is 0. The van der Waals surface area contributed by atoms with Crippen LogP contribution in [0.1, 0.15) is 41.5 Å². The Labute approximate surface area is 70.9 Å². The summed E-state index contributed by atoms with van der Waals surface area (Å²) in [4.78, 5) is 0. The van der Waals surface area contributed by atoms with Crippen molar-refractivity contribution in [3.8, 4) is 0 Å². The van der Waals surface area contributed by atoms with Gasteiger partial charge in [0.1, 0.15) is 6.79 Å². The van der Waals surface area contributed by atoms with Gasteiger partial charge in [0.05, 0.1) is 12.2 Å². The van der Waals surface area contributed by atoms with E-state index in [1.165, 1.54) is 0 Å². The minimum Gasteiger partial charge on any atom is -0.350 e. The smallest absolute Gasteiger partial charge is 0.147 e. The average Bonchev–Trinajstić information content (AvgIpc) is 2.44. The molecule has 2 atom stereocenters. The molecular weight excluding hydrogens is 140 g/mol. The fourth-order valence-corrected chi connectivity index (χ4v) is 0.525. The Morgan fingerprint density at radius 1 is 0.818 bits per heavy atom. The third kappa shape index (κ3) is 6.32. The van der Waals surface area contributed by atoms with E-state index < -0.39 is 0 Å². The molecule has 0 spiro atoms. The van der Waals surface area contributed by atoms with Gasteiger partial charge in [-0.2, -0.15) is 0 Å². The monoisotopic (exact) mass is 162 g/mol. The molecule has 0 bridgehead atoms. The lowest BCUT2D eigenvalue weighted by Gasteiger charge is -2.02. The fourth-order valence-electron chi connectivity index (χ4n) is 0.525. The molecule has 70 valence electrons. The van der Waals surface area contributed by atoms with Crippen molar-refractivity contribution < 1.29 is 9.47 Å². The van der Waals surface area contributed by atoms with Crippen LogP contribution >= 0.6 is 0 Å². The third-order valence-electron chi connectivity index (χ3n) is 1.32. The second-order valence-corrected chi connectivity index (χ2v) is 1.86. The van der Waals surface area contributed by atoms with Crippen molar-refractivity contribution in [2.24, 2.45) is 0 Å². The maximum Gasteiger partial charge on any atom is 0.147 e. The summed E-state index contributed by atoms with van der Waals surface area (Å²) >= 11 is 0. The molecule has 2 nitrogen and oxygen atoms in total. The molecule has 1 aliphatic rings. The molecule has 2 heteroatoms. The standard InChI is InChI=1S/C5H10O2.2C2H6/c1-4-5(2)7-3-6-4;2*1-2/h4-5H,3H2,1-2H3;2*1-2H3. The summed E-state index contributed by atoms with van der Waals surface area (Å²) in [6.07, 6.45) is 0.583. The topological polar surface area (TPSA) is 18.5 Å². The first-order valence-corrected chi connectivity index (χ1v) is 4.54. The lowest BCUT2D eigenvalue weighted by Crippen LogP contribution is -2.13. The first kappa shape index (κ1) is 13.5. The molecule has 1 fully saturated rings. The van der Waals surface area contributed by atoms with Gasteiger partial charge in [-0.25, -0.2) is 0 Å². The van der Waals surface area contributed by atoms with E-state index in [9.17, 15) is 0 Å². The molecule has 0 radical (unpaired) electrons. The normalized spacial score (nSPS) is 27.8. The van der Waals surface area contributed by atoms with Crippen molar-refractivity contribution in [1.29, 1.82) is 0 Å². The Kier molecular flexibility index (Phi) is 12.2. The van der Waals surface area contributed by atoms with Crippen LogP contribution in [0.15, 0.2) is 0 Å². The lowest BCUT2D eigenvalue weighted by molar-refractivity contribution is 0.0433. The minimum absolute atomic E-state index is 0.292. The second kappa shape index (κ2) is 9.92. The highest BCUT2D eigenvalue weighted by Crippen LogP contribution is 2.09. The largest absolute Gasteiger partial charge is 0.350 e. The van der Waals surface area contributed by atoms with E-state index in [0.717, 1.165) is 0 Å². The predicted molar refractivity (Wildman–Crippen MR) is 48.7 cm³/mol. The van der Waals surface area contributed by atoms with Crippen LogP contribution in [-0.2, 0) is 9.47 Å². The van der Waals surface area contributed by atoms with E-state index in [1.807, 2.05) is 41.5 Å². The summed E-state index contributed by atoms with van der Waals surface area (Å²) in [5.74, 6) is 0. The number of ether oxygens (including phenoxy) is 2. The molecule has 0 aromatic rings. The molecule has 0 aliphatic carbocycles. The van der Waals surface area contributed by atoms with Crippen molar-refractivity contribution in [3.05, 3.63) is 0 Å². The van der Waals surface area contributed by atoms with Crippen molar-refractivity contribution in [1.82, 2.24) is 0 Å². The molecule has 1 aliphatic heterocycles. The van der Waals surface area contributed by atoms with Gasteiger partial charge in [-0.3, -0.25) is 0 Å². The third-order valence-corrected chi connectivity index (χ3v) is 1.32. The van der Waals surface area contributed by atoms with Crippen LogP contribution in [0.2, 0.25) is 0 Å². The van der Waals surface area contributed by atoms with E-state index in [0.29, 0.717) is 19.0 Å². The zero-order valence-corrected chi connectivity index (χ0v) is 8.68. The van der Waals surface area contributed by atoms with E-state index in [1.54, 1.807) is 0 Å². The molecule has 0 aromatic heterocycles. The molecule has 0 N–H and O–H groups in total. The van der Waals surface area contributed by atoms with Gasteiger partial charge in [0.25, 0.3) is 0 Å². The van der Waals surface area contributed by atoms with Crippen molar-refractivity contribution >= 4 is 0 Å². The Hall–Kier alpha value is -0.0800. The van der Waals surface area contributed by atoms with Crippen LogP contribution in [0.5, 0.6) is 0 Å². The zero-order chi connectivity index (χ0) is 9.28. The summed E-state index contributed by atoms with van der Waals surface area (Å²) in [7, 11) is 0. The maximum atomic E-state index is 5.04. The molecule has 2 unspecified atom stereocenters. The van der Waals surface area contributed by atoms with Crippen molar-refractivity contribution in [2.45, 2.75) is 53.8 Å². The maximum absolute atomic E-state index is 5.04. The fraction of sp³-hybridized carbons (Fsp3) is 1.00. The minimum atomic E-state index is 0.292. The number of rotatable bonds is 0. The summed E-state index contributed by atoms with van der Waals surface area (Å²) in [6.45, 7) is 12.5. The quantitative estimate of drug-likeness (QED) is 0.545. The molecule has 0 amide bonds. The van der Waals surface area contributed by atoms with Gasteiger partial charge in [-0.15, -0.1) is 0 Å². The highest BCUT2D eigenvalue weighted by Gasteiger charge is 2.18. The average molecular weight is 162 g/mol. The summed E-state index contributed by atoms with van der Waals surface area (Å²) in [5.41, 5.74) is 0. The Balaban J connectivity index is 0. The summed E-state index contributed by atoms with van der Waals surface area (Å²) in [6, 6.07) is 0. The van der Waals surface area contributed by atoms with Gasteiger partial charge in [0.15, 0.2) is 0 Å². The van der Waals surface area contributed by atoms with Gasteiger partial charge in [0, 0.05) is 0 Å². The summed E-state index contributed by atoms with van der Waals surface area (Å²) in [5, 5.41) is 0. The summed E-state index contributed by atoms with van der Waals surface area (Å²) < 4.78 is 10.1. The molecule has 1 rings (SSSR count). The molecule has 0 saturated carbocycles. The van der Waals surface area contributed by atoms with Crippen LogP contribution in [0, 0.1) is 0 Å². The first-order valence-electron chi connectivity index (χ1n) is 4.54. The van der Waals surface area contributed by atoms with Crippen LogP contribution in [0.3, 0.4) is 0 Å². The van der Waals surface area contributed by atoms with Crippen molar-refractivity contribution in [2.75, 3.05) is 6.79 Å². The number of hydrogen-bond acceptors (Lipinski definition) is 2. The van der Waals surface area contributed by atoms with Crippen molar-refractivity contribution in [3.63, 3.8) is 0 Å². The Morgan fingerprint density at radius 2 is 1.09 bits per heavy atom. The van der Waals surface area contributed by atoms with E-state index in [-0.39, 0.29) is 0 Å². The van der Waals surface area contributed by atoms with E-state index >= 15 is 0 Å².